The molecule has 0 bridgehead atoms. The Bertz CT molecular complexity index is 1450. The largest absolute Gasteiger partial charge is 0.352 e. The molecule has 2 fully saturated rings. The van der Waals surface area contributed by atoms with Crippen LogP contribution in [0.15, 0.2) is 64.2 Å². The van der Waals surface area contributed by atoms with Gasteiger partial charge in [0, 0.05) is 31.6 Å². The van der Waals surface area contributed by atoms with Crippen LogP contribution in [0.4, 0.5) is 0 Å². The summed E-state index contributed by atoms with van der Waals surface area (Å²) in [6.07, 6.45) is 6.98. The van der Waals surface area contributed by atoms with E-state index in [9.17, 15) is 19.2 Å². The van der Waals surface area contributed by atoms with E-state index in [1.165, 1.54) is 9.13 Å². The normalized spacial score (nSPS) is 21.3. The van der Waals surface area contributed by atoms with Gasteiger partial charge in [-0.15, -0.1) is 0 Å². The number of benzene rings is 2. The quantitative estimate of drug-likeness (QED) is 0.463. The van der Waals surface area contributed by atoms with Crippen molar-refractivity contribution in [2.75, 3.05) is 6.54 Å². The molecule has 0 radical (unpaired) electrons. The molecule has 40 heavy (non-hydrogen) atoms. The molecule has 1 N–H and O–H groups in total. The van der Waals surface area contributed by atoms with E-state index >= 15 is 0 Å². The zero-order valence-corrected chi connectivity index (χ0v) is 23.4. The summed E-state index contributed by atoms with van der Waals surface area (Å²) < 4.78 is 2.81. The molecule has 5 rings (SSSR count). The lowest BCUT2D eigenvalue weighted by molar-refractivity contribution is -0.135. The van der Waals surface area contributed by atoms with Crippen LogP contribution >= 0.6 is 0 Å². The molecule has 0 spiro atoms. The lowest BCUT2D eigenvalue weighted by Gasteiger charge is -2.35. The molecule has 3 aromatic rings. The van der Waals surface area contributed by atoms with Gasteiger partial charge in [-0.2, -0.15) is 0 Å². The summed E-state index contributed by atoms with van der Waals surface area (Å²) in [7, 11) is 0. The van der Waals surface area contributed by atoms with Crippen LogP contribution in [-0.2, 0) is 29.2 Å². The van der Waals surface area contributed by atoms with Crippen molar-refractivity contribution in [1.82, 2.24) is 19.4 Å². The minimum Gasteiger partial charge on any atom is -0.352 e. The Morgan fingerprint density at radius 3 is 2.35 bits per heavy atom. The molecule has 1 aliphatic carbocycles. The summed E-state index contributed by atoms with van der Waals surface area (Å²) in [6.45, 7) is 3.56. The van der Waals surface area contributed by atoms with Crippen LogP contribution in [0.5, 0.6) is 0 Å². The summed E-state index contributed by atoms with van der Waals surface area (Å²) in [5.41, 5.74) is 0.840. The van der Waals surface area contributed by atoms with Crippen LogP contribution in [-0.4, -0.2) is 38.4 Å². The molecule has 0 unspecified atom stereocenters. The van der Waals surface area contributed by atoms with Crippen LogP contribution < -0.4 is 16.6 Å². The molecule has 1 saturated carbocycles. The number of piperidine rings is 1. The van der Waals surface area contributed by atoms with E-state index in [0.29, 0.717) is 30.5 Å². The van der Waals surface area contributed by atoms with E-state index < -0.39 is 5.69 Å². The minimum atomic E-state index is -0.426. The van der Waals surface area contributed by atoms with Crippen LogP contribution in [0.25, 0.3) is 10.9 Å². The first-order chi connectivity index (χ1) is 19.5. The number of hydrogen-bond acceptors (Lipinski definition) is 4. The van der Waals surface area contributed by atoms with Crippen molar-refractivity contribution in [1.29, 1.82) is 0 Å². The van der Waals surface area contributed by atoms with Crippen LogP contribution in [0.2, 0.25) is 0 Å². The van der Waals surface area contributed by atoms with Gasteiger partial charge in [0.1, 0.15) is 6.54 Å². The Morgan fingerprint density at radius 2 is 1.60 bits per heavy atom. The Kier molecular flexibility index (Phi) is 8.82. The Morgan fingerprint density at radius 1 is 0.875 bits per heavy atom. The first kappa shape index (κ1) is 27.9. The third kappa shape index (κ3) is 6.06. The second-order valence-corrected chi connectivity index (χ2v) is 11.4. The standard InChI is InChI=1S/C32H40N4O4/c1-2-26-12-8-9-19-34(26)29(37)22-35-28-14-7-6-13-27(28)31(39)36(32(35)40)21-24-15-17-25(18-16-24)30(38)33-20-23-10-4-3-5-11-23/h3-7,10-11,13-14,24-26H,2,8-9,12,15-22H2,1H3,(H,33,38)/t24?,25?,26-/m1/s1. The maximum absolute atomic E-state index is 13.7. The lowest BCUT2D eigenvalue weighted by Crippen LogP contribution is -2.48. The highest BCUT2D eigenvalue weighted by Crippen LogP contribution is 2.30. The zero-order chi connectivity index (χ0) is 28.1. The number of fused-ring (bicyclic) bond motifs is 1. The molecule has 8 heteroatoms. The number of rotatable bonds is 8. The van der Waals surface area contributed by atoms with Gasteiger partial charge in [0.05, 0.1) is 10.9 Å². The summed E-state index contributed by atoms with van der Waals surface area (Å²) in [5, 5.41) is 3.50. The summed E-state index contributed by atoms with van der Waals surface area (Å²) in [6, 6.07) is 17.1. The Labute approximate surface area is 235 Å². The number of aromatic nitrogens is 2. The highest BCUT2D eigenvalue weighted by atomic mass is 16.2. The minimum absolute atomic E-state index is 0.0568. The Balaban J connectivity index is 1.30. The first-order valence-corrected chi connectivity index (χ1v) is 14.8. The fourth-order valence-corrected chi connectivity index (χ4v) is 6.46. The van der Waals surface area contributed by atoms with Gasteiger partial charge in [-0.25, -0.2) is 4.79 Å². The highest BCUT2D eigenvalue weighted by molar-refractivity contribution is 5.82. The van der Waals surface area contributed by atoms with E-state index in [1.807, 2.05) is 35.2 Å². The second kappa shape index (κ2) is 12.7. The van der Waals surface area contributed by atoms with Crippen molar-refractivity contribution in [2.24, 2.45) is 11.8 Å². The summed E-state index contributed by atoms with van der Waals surface area (Å²) in [5.74, 6) is 0.0687. The predicted molar refractivity (Wildman–Crippen MR) is 156 cm³/mol. The van der Waals surface area contributed by atoms with Crippen LogP contribution in [0.3, 0.4) is 0 Å². The number of carbonyl (C=O) groups is 2. The monoisotopic (exact) mass is 544 g/mol. The fraction of sp³-hybridized carbons (Fsp3) is 0.500. The van der Waals surface area contributed by atoms with E-state index in [1.54, 1.807) is 24.3 Å². The molecule has 1 aliphatic heterocycles. The van der Waals surface area contributed by atoms with Gasteiger partial charge in [-0.05, 0) is 75.0 Å². The van der Waals surface area contributed by atoms with E-state index in [4.69, 9.17) is 0 Å². The maximum Gasteiger partial charge on any atom is 0.331 e. The molecule has 2 aromatic carbocycles. The number of nitrogens with zero attached hydrogens (tertiary/aromatic N) is 3. The lowest BCUT2D eigenvalue weighted by atomic mass is 9.81. The van der Waals surface area contributed by atoms with Crippen molar-refractivity contribution in [3.63, 3.8) is 0 Å². The third-order valence-corrected chi connectivity index (χ3v) is 8.81. The second-order valence-electron chi connectivity index (χ2n) is 11.4. The summed E-state index contributed by atoms with van der Waals surface area (Å²) >= 11 is 0. The van der Waals surface area contributed by atoms with Crippen molar-refractivity contribution in [3.05, 3.63) is 81.0 Å². The van der Waals surface area contributed by atoms with Crippen LogP contribution in [0, 0.1) is 11.8 Å². The molecule has 2 aliphatic rings. The maximum atomic E-state index is 13.7. The van der Waals surface area contributed by atoms with Gasteiger partial charge in [-0.1, -0.05) is 49.4 Å². The zero-order valence-electron chi connectivity index (χ0n) is 23.4. The predicted octanol–water partition coefficient (Wildman–Crippen LogP) is 4.08. The smallest absolute Gasteiger partial charge is 0.331 e. The number of hydrogen-bond donors (Lipinski definition) is 1. The Hall–Kier alpha value is -3.68. The van der Waals surface area contributed by atoms with Gasteiger partial charge in [0.25, 0.3) is 5.56 Å². The molecule has 1 saturated heterocycles. The molecule has 2 amide bonds. The van der Waals surface area contributed by atoms with Crippen molar-refractivity contribution in [2.45, 2.75) is 84.0 Å². The number of carbonyl (C=O) groups excluding carboxylic acids is 2. The molecule has 1 aromatic heterocycles. The van der Waals surface area contributed by atoms with Gasteiger partial charge >= 0.3 is 5.69 Å². The molecule has 2 heterocycles. The van der Waals surface area contributed by atoms with E-state index in [-0.39, 0.29) is 41.8 Å². The van der Waals surface area contributed by atoms with Crippen molar-refractivity contribution < 1.29 is 9.59 Å². The van der Waals surface area contributed by atoms with E-state index in [0.717, 1.165) is 56.9 Å². The average molecular weight is 545 g/mol. The average Bonchev–Trinajstić information content (AvgIpc) is 3.00. The number of nitrogens with one attached hydrogen (secondary N) is 1. The molecule has 8 nitrogen and oxygen atoms in total. The van der Waals surface area contributed by atoms with Crippen molar-refractivity contribution in [3.8, 4) is 0 Å². The molecule has 1 atom stereocenters. The summed E-state index contributed by atoms with van der Waals surface area (Å²) in [4.78, 5) is 55.3. The van der Waals surface area contributed by atoms with Crippen LogP contribution in [0.1, 0.15) is 63.9 Å². The fourth-order valence-electron chi connectivity index (χ4n) is 6.46. The number of para-hydroxylation sites is 1. The van der Waals surface area contributed by atoms with Gasteiger partial charge < -0.3 is 10.2 Å². The van der Waals surface area contributed by atoms with Gasteiger partial charge in [0.2, 0.25) is 11.8 Å². The third-order valence-electron chi connectivity index (χ3n) is 8.81. The van der Waals surface area contributed by atoms with Crippen molar-refractivity contribution >= 4 is 22.7 Å². The number of amides is 2. The highest BCUT2D eigenvalue weighted by Gasteiger charge is 2.29. The first-order valence-electron chi connectivity index (χ1n) is 14.8. The molecule has 212 valence electrons. The topological polar surface area (TPSA) is 93.4 Å². The molecular formula is C32H40N4O4. The molecular weight excluding hydrogens is 504 g/mol. The van der Waals surface area contributed by atoms with Gasteiger partial charge in [0.15, 0.2) is 0 Å². The van der Waals surface area contributed by atoms with E-state index in [2.05, 4.69) is 12.2 Å². The van der Waals surface area contributed by atoms with Gasteiger partial charge in [-0.3, -0.25) is 23.5 Å². The SMILES string of the molecule is CC[C@@H]1CCCCN1C(=O)Cn1c(=O)n(CC2CCC(C(=O)NCc3ccccc3)CC2)c(=O)c2ccccc21. The number of likely N-dealkylation sites (tertiary alicyclic amines) is 1.